The smallest absolute Gasteiger partial charge is 0.206 e. The highest BCUT2D eigenvalue weighted by atomic mass is 19.3. The summed E-state index contributed by atoms with van der Waals surface area (Å²) < 4.78 is 53.5. The molecular formula is C21H16F4. The Bertz CT molecular complexity index is 954. The molecule has 25 heavy (non-hydrogen) atoms. The molecular weight excluding hydrogens is 328 g/mol. The molecule has 0 aromatic heterocycles. The maximum absolute atomic E-state index is 14.4. The Kier molecular flexibility index (Phi) is 4.88. The quantitative estimate of drug-likeness (QED) is 0.448. The van der Waals surface area contributed by atoms with Crippen molar-refractivity contribution in [2.75, 3.05) is 0 Å². The van der Waals surface area contributed by atoms with E-state index < -0.39 is 11.9 Å². The lowest BCUT2D eigenvalue weighted by atomic mass is 9.97. The summed E-state index contributed by atoms with van der Waals surface area (Å²) in [5.41, 5.74) is 1.81. The monoisotopic (exact) mass is 344 g/mol. The molecule has 128 valence electrons. The first-order valence-electron chi connectivity index (χ1n) is 8.03. The van der Waals surface area contributed by atoms with Crippen molar-refractivity contribution < 1.29 is 17.6 Å². The van der Waals surface area contributed by atoms with Crippen molar-refractivity contribution in [3.8, 4) is 11.1 Å². The van der Waals surface area contributed by atoms with Crippen LogP contribution in [0.1, 0.15) is 24.5 Å². The third-order valence-electron chi connectivity index (χ3n) is 4.13. The Hall–Kier alpha value is -2.62. The second kappa shape index (κ2) is 7.09. The van der Waals surface area contributed by atoms with Crippen molar-refractivity contribution in [2.24, 2.45) is 0 Å². The zero-order valence-electron chi connectivity index (χ0n) is 13.6. The first-order chi connectivity index (χ1) is 12.0. The minimum absolute atomic E-state index is 0.171. The Morgan fingerprint density at radius 1 is 0.960 bits per heavy atom. The first-order valence-corrected chi connectivity index (χ1v) is 8.03. The summed E-state index contributed by atoms with van der Waals surface area (Å²) >= 11 is 0. The highest BCUT2D eigenvalue weighted by Crippen LogP contribution is 2.30. The summed E-state index contributed by atoms with van der Waals surface area (Å²) in [6.07, 6.45) is 0.282. The first kappa shape index (κ1) is 17.2. The van der Waals surface area contributed by atoms with Crippen LogP contribution in [0.2, 0.25) is 0 Å². The van der Waals surface area contributed by atoms with Crippen LogP contribution in [0.5, 0.6) is 0 Å². The molecule has 0 unspecified atom stereocenters. The van der Waals surface area contributed by atoms with Crippen LogP contribution in [-0.4, -0.2) is 0 Å². The van der Waals surface area contributed by atoms with Crippen molar-refractivity contribution in [1.29, 1.82) is 0 Å². The van der Waals surface area contributed by atoms with Gasteiger partial charge in [0, 0.05) is 22.6 Å². The molecule has 0 aliphatic heterocycles. The van der Waals surface area contributed by atoms with E-state index >= 15 is 0 Å². The van der Waals surface area contributed by atoms with Crippen LogP contribution in [0.25, 0.3) is 28.0 Å². The lowest BCUT2D eigenvalue weighted by molar-refractivity contribution is 0.429. The zero-order chi connectivity index (χ0) is 18.0. The van der Waals surface area contributed by atoms with Crippen LogP contribution in [0, 0.1) is 11.6 Å². The van der Waals surface area contributed by atoms with E-state index in [2.05, 4.69) is 0 Å². The summed E-state index contributed by atoms with van der Waals surface area (Å²) in [5, 5.41) is 0.755. The van der Waals surface area contributed by atoms with Gasteiger partial charge in [-0.1, -0.05) is 49.7 Å². The molecule has 0 aliphatic rings. The normalized spacial score (nSPS) is 10.9. The standard InChI is InChI=1S/C21H16F4/c1-2-3-13-4-8-17(19(22)10-13)14-7-9-18-15(11-14)5-6-16(21(18)25)12-20(23)24/h4-12H,2-3H2,1H3. The average Bonchev–Trinajstić information content (AvgIpc) is 2.57. The Morgan fingerprint density at radius 3 is 2.44 bits per heavy atom. The Balaban J connectivity index is 2.06. The third-order valence-corrected chi connectivity index (χ3v) is 4.13. The van der Waals surface area contributed by atoms with Crippen LogP contribution in [-0.2, 0) is 6.42 Å². The zero-order valence-corrected chi connectivity index (χ0v) is 13.6. The number of fused-ring (bicyclic) bond motifs is 1. The van der Waals surface area contributed by atoms with Crippen LogP contribution >= 0.6 is 0 Å². The number of hydrogen-bond acceptors (Lipinski definition) is 0. The molecule has 0 atom stereocenters. The fourth-order valence-corrected chi connectivity index (χ4v) is 2.94. The molecule has 0 amide bonds. The van der Waals surface area contributed by atoms with Crippen molar-refractivity contribution in [3.63, 3.8) is 0 Å². The third kappa shape index (κ3) is 3.58. The molecule has 4 heteroatoms. The minimum atomic E-state index is -1.95. The van der Waals surface area contributed by atoms with Crippen LogP contribution < -0.4 is 0 Å². The molecule has 0 saturated heterocycles. The number of halogens is 4. The summed E-state index contributed by atoms with van der Waals surface area (Å²) in [6.45, 7) is 2.03. The molecule has 0 fully saturated rings. The summed E-state index contributed by atoms with van der Waals surface area (Å²) in [5.74, 6) is -1.04. The molecule has 0 N–H and O–H groups in total. The van der Waals surface area contributed by atoms with Crippen molar-refractivity contribution in [3.05, 3.63) is 77.4 Å². The Labute approximate surface area is 143 Å². The van der Waals surface area contributed by atoms with Gasteiger partial charge in [0.05, 0.1) is 0 Å². The topological polar surface area (TPSA) is 0 Å². The average molecular weight is 344 g/mol. The summed E-state index contributed by atoms with van der Waals surface area (Å²) in [4.78, 5) is 0. The highest BCUT2D eigenvalue weighted by molar-refractivity contribution is 5.89. The molecule has 3 rings (SSSR count). The van der Waals surface area contributed by atoms with Gasteiger partial charge < -0.3 is 0 Å². The van der Waals surface area contributed by atoms with E-state index in [1.807, 2.05) is 13.0 Å². The molecule has 0 radical (unpaired) electrons. The lowest BCUT2D eigenvalue weighted by Gasteiger charge is -2.09. The lowest BCUT2D eigenvalue weighted by Crippen LogP contribution is -1.91. The second-order valence-electron chi connectivity index (χ2n) is 5.90. The molecule has 0 heterocycles. The second-order valence-corrected chi connectivity index (χ2v) is 5.90. The van der Waals surface area contributed by atoms with E-state index in [0.717, 1.165) is 18.4 Å². The molecule has 0 saturated carbocycles. The largest absolute Gasteiger partial charge is 0.271 e. The van der Waals surface area contributed by atoms with Crippen LogP contribution in [0.3, 0.4) is 0 Å². The molecule has 3 aromatic carbocycles. The van der Waals surface area contributed by atoms with Gasteiger partial charge in [0.15, 0.2) is 0 Å². The van der Waals surface area contributed by atoms with E-state index in [-0.39, 0.29) is 16.8 Å². The fourth-order valence-electron chi connectivity index (χ4n) is 2.94. The van der Waals surface area contributed by atoms with E-state index in [9.17, 15) is 17.6 Å². The van der Waals surface area contributed by atoms with Gasteiger partial charge in [-0.25, -0.2) is 8.78 Å². The van der Waals surface area contributed by atoms with E-state index in [1.165, 1.54) is 18.2 Å². The predicted octanol–water partition coefficient (Wildman–Crippen LogP) is 6.97. The van der Waals surface area contributed by atoms with Crippen LogP contribution in [0.15, 0.2) is 54.6 Å². The van der Waals surface area contributed by atoms with Crippen molar-refractivity contribution in [1.82, 2.24) is 0 Å². The van der Waals surface area contributed by atoms with Gasteiger partial charge in [-0.2, -0.15) is 8.78 Å². The Morgan fingerprint density at radius 2 is 1.76 bits per heavy atom. The molecule has 0 aliphatic carbocycles. The van der Waals surface area contributed by atoms with Gasteiger partial charge in [0.2, 0.25) is 0 Å². The molecule has 0 nitrogen and oxygen atoms in total. The molecule has 0 spiro atoms. The highest BCUT2D eigenvalue weighted by Gasteiger charge is 2.11. The summed E-state index contributed by atoms with van der Waals surface area (Å²) in [6, 6.07) is 12.7. The van der Waals surface area contributed by atoms with E-state index in [0.29, 0.717) is 22.6 Å². The maximum Gasteiger partial charge on any atom is 0.271 e. The number of rotatable bonds is 4. The number of aryl methyl sites for hydroxylation is 1. The SMILES string of the molecule is CCCc1ccc(-c2ccc3c(F)c(C=C(F)F)ccc3c2)c(F)c1. The van der Waals surface area contributed by atoms with E-state index in [1.54, 1.807) is 24.3 Å². The molecule has 0 bridgehead atoms. The minimum Gasteiger partial charge on any atom is -0.206 e. The molecule has 3 aromatic rings. The van der Waals surface area contributed by atoms with E-state index in [4.69, 9.17) is 0 Å². The van der Waals surface area contributed by atoms with Gasteiger partial charge >= 0.3 is 0 Å². The maximum atomic E-state index is 14.4. The van der Waals surface area contributed by atoms with Crippen molar-refractivity contribution >= 4 is 16.8 Å². The van der Waals surface area contributed by atoms with Gasteiger partial charge in [-0.3, -0.25) is 0 Å². The van der Waals surface area contributed by atoms with Gasteiger partial charge in [0.1, 0.15) is 11.6 Å². The van der Waals surface area contributed by atoms with Crippen molar-refractivity contribution in [2.45, 2.75) is 19.8 Å². The van der Waals surface area contributed by atoms with Gasteiger partial charge in [0.25, 0.3) is 6.08 Å². The van der Waals surface area contributed by atoms with Crippen LogP contribution in [0.4, 0.5) is 17.6 Å². The predicted molar refractivity (Wildman–Crippen MR) is 93.5 cm³/mol. The number of benzene rings is 3. The van der Waals surface area contributed by atoms with Gasteiger partial charge in [-0.15, -0.1) is 0 Å². The number of hydrogen-bond donors (Lipinski definition) is 0. The summed E-state index contributed by atoms with van der Waals surface area (Å²) in [7, 11) is 0. The fraction of sp³-hybridized carbons (Fsp3) is 0.143. The van der Waals surface area contributed by atoms with Gasteiger partial charge in [-0.05, 0) is 35.1 Å².